The molecule has 1 rings (SSSR count). The van der Waals surface area contributed by atoms with Crippen molar-refractivity contribution in [1.29, 1.82) is 0 Å². The topological polar surface area (TPSA) is 43.4 Å². The molecule has 3 heteroatoms. The first-order valence-corrected chi connectivity index (χ1v) is 5.97. The van der Waals surface area contributed by atoms with Gasteiger partial charge >= 0.3 is 5.97 Å². The van der Waals surface area contributed by atoms with Crippen LogP contribution in [0.25, 0.3) is 0 Å². The Labute approximate surface area is 102 Å². The molecule has 0 aromatic heterocycles. The van der Waals surface area contributed by atoms with E-state index < -0.39 is 5.97 Å². The van der Waals surface area contributed by atoms with Gasteiger partial charge in [-0.15, -0.1) is 0 Å². The zero-order valence-electron chi connectivity index (χ0n) is 10.6. The maximum Gasteiger partial charge on any atom is 0.338 e. The van der Waals surface area contributed by atoms with Gasteiger partial charge < -0.3 is 4.74 Å². The Kier molecular flexibility index (Phi) is 4.88. The number of rotatable bonds is 5. The molecule has 0 saturated heterocycles. The number of ether oxygens (including phenoxy) is 1. The van der Waals surface area contributed by atoms with Gasteiger partial charge in [0.25, 0.3) is 0 Å². The highest BCUT2D eigenvalue weighted by Gasteiger charge is 2.17. The van der Waals surface area contributed by atoms with Crippen LogP contribution >= 0.6 is 0 Å². The molecule has 0 aliphatic heterocycles. The summed E-state index contributed by atoms with van der Waals surface area (Å²) in [6, 6.07) is 5.35. The summed E-state index contributed by atoms with van der Waals surface area (Å²) in [6.07, 6.45) is 1.21. The zero-order valence-corrected chi connectivity index (χ0v) is 10.6. The highest BCUT2D eigenvalue weighted by atomic mass is 16.5. The van der Waals surface area contributed by atoms with Gasteiger partial charge in [0, 0.05) is 12.0 Å². The molecule has 0 radical (unpaired) electrons. The van der Waals surface area contributed by atoms with E-state index in [1.165, 1.54) is 0 Å². The van der Waals surface area contributed by atoms with E-state index in [2.05, 4.69) is 0 Å². The fourth-order valence-corrected chi connectivity index (χ4v) is 1.62. The summed E-state index contributed by atoms with van der Waals surface area (Å²) in [5, 5.41) is 0. The van der Waals surface area contributed by atoms with Gasteiger partial charge in [-0.05, 0) is 25.0 Å². The molecule has 0 aliphatic rings. The van der Waals surface area contributed by atoms with Crippen LogP contribution in [-0.4, -0.2) is 18.4 Å². The maximum absolute atomic E-state index is 11.8. The van der Waals surface area contributed by atoms with E-state index >= 15 is 0 Å². The standard InChI is InChI=1S/C14H18O3/c1-4-10-7-8-11(13(15)5-2)12(9-10)14(16)17-6-3/h7-9H,4-6H2,1-3H3. The normalized spacial score (nSPS) is 10.1. The number of Topliss-reactive ketones (excluding diaryl/α,β-unsaturated/α-hetero) is 1. The van der Waals surface area contributed by atoms with Crippen LogP contribution in [0, 0.1) is 0 Å². The van der Waals surface area contributed by atoms with E-state index in [1.54, 1.807) is 26.0 Å². The van der Waals surface area contributed by atoms with Gasteiger partial charge in [0.1, 0.15) is 0 Å². The summed E-state index contributed by atoms with van der Waals surface area (Å²) in [5.41, 5.74) is 1.88. The van der Waals surface area contributed by atoms with Gasteiger partial charge in [-0.3, -0.25) is 4.79 Å². The van der Waals surface area contributed by atoms with Crippen molar-refractivity contribution < 1.29 is 14.3 Å². The highest BCUT2D eigenvalue weighted by Crippen LogP contribution is 2.16. The smallest absolute Gasteiger partial charge is 0.338 e. The minimum Gasteiger partial charge on any atom is -0.462 e. The molecular weight excluding hydrogens is 216 g/mol. The number of hydrogen-bond acceptors (Lipinski definition) is 3. The molecule has 1 aromatic rings. The van der Waals surface area contributed by atoms with Crippen molar-refractivity contribution in [3.8, 4) is 0 Å². The lowest BCUT2D eigenvalue weighted by atomic mass is 9.98. The molecule has 0 amide bonds. The monoisotopic (exact) mass is 234 g/mol. The third-order valence-corrected chi connectivity index (χ3v) is 2.61. The molecule has 0 fully saturated rings. The molecule has 0 atom stereocenters. The fourth-order valence-electron chi connectivity index (χ4n) is 1.62. The number of esters is 1. The van der Waals surface area contributed by atoms with Crippen LogP contribution in [0.4, 0.5) is 0 Å². The van der Waals surface area contributed by atoms with E-state index in [-0.39, 0.29) is 5.78 Å². The summed E-state index contributed by atoms with van der Waals surface area (Å²) in [5.74, 6) is -0.449. The van der Waals surface area contributed by atoms with Crippen molar-refractivity contribution in [2.45, 2.75) is 33.6 Å². The minimum atomic E-state index is -0.417. The number of ketones is 1. The first-order valence-electron chi connectivity index (χ1n) is 5.97. The number of carbonyl (C=O) groups excluding carboxylic acids is 2. The molecule has 92 valence electrons. The summed E-state index contributed by atoms with van der Waals surface area (Å²) < 4.78 is 4.97. The van der Waals surface area contributed by atoms with Crippen LogP contribution in [0.2, 0.25) is 0 Å². The predicted octanol–water partition coefficient (Wildman–Crippen LogP) is 3.02. The second kappa shape index (κ2) is 6.18. The van der Waals surface area contributed by atoms with Crippen LogP contribution in [0.5, 0.6) is 0 Å². The highest BCUT2D eigenvalue weighted by molar-refractivity contribution is 6.06. The van der Waals surface area contributed by atoms with Crippen LogP contribution in [-0.2, 0) is 11.2 Å². The second-order valence-electron chi connectivity index (χ2n) is 3.73. The van der Waals surface area contributed by atoms with Crippen molar-refractivity contribution in [1.82, 2.24) is 0 Å². The van der Waals surface area contributed by atoms with E-state index in [9.17, 15) is 9.59 Å². The maximum atomic E-state index is 11.8. The Morgan fingerprint density at radius 2 is 1.82 bits per heavy atom. The van der Waals surface area contributed by atoms with E-state index in [0.29, 0.717) is 24.2 Å². The zero-order chi connectivity index (χ0) is 12.8. The predicted molar refractivity (Wildman–Crippen MR) is 66.4 cm³/mol. The van der Waals surface area contributed by atoms with E-state index in [4.69, 9.17) is 4.74 Å². The quantitative estimate of drug-likeness (QED) is 0.581. The SMILES string of the molecule is CCOC(=O)c1cc(CC)ccc1C(=O)CC. The van der Waals surface area contributed by atoms with Gasteiger partial charge in [-0.25, -0.2) is 4.79 Å². The van der Waals surface area contributed by atoms with Crippen molar-refractivity contribution in [3.63, 3.8) is 0 Å². The van der Waals surface area contributed by atoms with Gasteiger partial charge in [0.15, 0.2) is 5.78 Å². The van der Waals surface area contributed by atoms with Gasteiger partial charge in [-0.1, -0.05) is 26.0 Å². The van der Waals surface area contributed by atoms with Crippen LogP contribution < -0.4 is 0 Å². The Morgan fingerprint density at radius 1 is 1.12 bits per heavy atom. The first-order chi connectivity index (χ1) is 8.13. The summed E-state index contributed by atoms with van der Waals surface area (Å²) in [6.45, 7) is 5.86. The molecular formula is C14H18O3. The Bertz CT molecular complexity index is 421. The van der Waals surface area contributed by atoms with Crippen LogP contribution in [0.1, 0.15) is 53.5 Å². The largest absolute Gasteiger partial charge is 0.462 e. The van der Waals surface area contributed by atoms with Crippen molar-refractivity contribution >= 4 is 11.8 Å². The lowest BCUT2D eigenvalue weighted by molar-refractivity contribution is 0.0523. The Hall–Kier alpha value is -1.64. The van der Waals surface area contributed by atoms with Crippen molar-refractivity contribution in [3.05, 3.63) is 34.9 Å². The molecule has 0 aliphatic carbocycles. The van der Waals surface area contributed by atoms with Crippen molar-refractivity contribution in [2.24, 2.45) is 0 Å². The van der Waals surface area contributed by atoms with Crippen LogP contribution in [0.3, 0.4) is 0 Å². The first kappa shape index (κ1) is 13.4. The van der Waals surface area contributed by atoms with Gasteiger partial charge in [-0.2, -0.15) is 0 Å². The molecule has 0 saturated carbocycles. The molecule has 3 nitrogen and oxygen atoms in total. The van der Waals surface area contributed by atoms with Crippen LogP contribution in [0.15, 0.2) is 18.2 Å². The lowest BCUT2D eigenvalue weighted by Gasteiger charge is -2.09. The molecule has 0 unspecified atom stereocenters. The van der Waals surface area contributed by atoms with Gasteiger partial charge in [0.05, 0.1) is 12.2 Å². The number of aryl methyl sites for hydroxylation is 1. The average Bonchev–Trinajstić information content (AvgIpc) is 2.37. The molecule has 17 heavy (non-hydrogen) atoms. The fraction of sp³-hybridized carbons (Fsp3) is 0.429. The Morgan fingerprint density at radius 3 is 2.35 bits per heavy atom. The average molecular weight is 234 g/mol. The third kappa shape index (κ3) is 3.16. The number of benzene rings is 1. The molecule has 0 N–H and O–H groups in total. The molecule has 0 spiro atoms. The number of carbonyl (C=O) groups is 2. The summed E-state index contributed by atoms with van der Waals surface area (Å²) in [4.78, 5) is 23.5. The van der Waals surface area contributed by atoms with E-state index in [1.807, 2.05) is 13.0 Å². The molecule has 1 aromatic carbocycles. The minimum absolute atomic E-state index is 0.0318. The van der Waals surface area contributed by atoms with E-state index in [0.717, 1.165) is 12.0 Å². The van der Waals surface area contributed by atoms with Gasteiger partial charge in [0.2, 0.25) is 0 Å². The van der Waals surface area contributed by atoms with Crippen molar-refractivity contribution in [2.75, 3.05) is 6.61 Å². The lowest BCUT2D eigenvalue weighted by Crippen LogP contribution is -2.12. The molecule has 0 bridgehead atoms. The Balaban J connectivity index is 3.20. The second-order valence-corrected chi connectivity index (χ2v) is 3.73. The summed E-state index contributed by atoms with van der Waals surface area (Å²) >= 11 is 0. The summed E-state index contributed by atoms with van der Waals surface area (Å²) in [7, 11) is 0. The molecule has 0 heterocycles. The third-order valence-electron chi connectivity index (χ3n) is 2.61. The number of hydrogen-bond donors (Lipinski definition) is 0.